The lowest BCUT2D eigenvalue weighted by atomic mass is 9.80. The summed E-state index contributed by atoms with van der Waals surface area (Å²) in [6.07, 6.45) is 11.6. The van der Waals surface area contributed by atoms with Crippen molar-refractivity contribution in [3.63, 3.8) is 0 Å². The van der Waals surface area contributed by atoms with E-state index in [2.05, 4.69) is 6.92 Å². The fraction of sp³-hybridized carbons (Fsp3) is 0.567. The Morgan fingerprint density at radius 1 is 0.943 bits per heavy atom. The van der Waals surface area contributed by atoms with E-state index < -0.39 is 23.4 Å². The molecule has 0 unspecified atom stereocenters. The Balaban J connectivity index is 1.48. The highest BCUT2D eigenvalue weighted by Crippen LogP contribution is 2.32. The van der Waals surface area contributed by atoms with E-state index in [1.165, 1.54) is 63.5 Å². The van der Waals surface area contributed by atoms with Gasteiger partial charge in [0.1, 0.15) is 5.75 Å². The fourth-order valence-electron chi connectivity index (χ4n) is 4.76. The average Bonchev–Trinajstić information content (AvgIpc) is 2.88. The Morgan fingerprint density at radius 3 is 2.29 bits per heavy atom. The van der Waals surface area contributed by atoms with Crippen LogP contribution in [0.1, 0.15) is 94.5 Å². The third-order valence-corrected chi connectivity index (χ3v) is 7.35. The zero-order valence-electron chi connectivity index (χ0n) is 21.5. The van der Waals surface area contributed by atoms with Crippen LogP contribution in [0.4, 0.5) is 8.78 Å². The van der Waals surface area contributed by atoms with Crippen molar-refractivity contribution < 1.29 is 23.0 Å². The van der Waals surface area contributed by atoms with Gasteiger partial charge in [0.25, 0.3) is 0 Å². The Labute approximate surface area is 209 Å². The van der Waals surface area contributed by atoms with Gasteiger partial charge in [0.2, 0.25) is 5.82 Å². The van der Waals surface area contributed by atoms with E-state index in [0.717, 1.165) is 12.3 Å². The minimum atomic E-state index is -1.13. The van der Waals surface area contributed by atoms with Crippen molar-refractivity contribution in [3.05, 3.63) is 59.2 Å². The summed E-state index contributed by atoms with van der Waals surface area (Å²) in [5.41, 5.74) is 0.552. The van der Waals surface area contributed by atoms with Crippen molar-refractivity contribution in [2.45, 2.75) is 85.0 Å². The summed E-state index contributed by atoms with van der Waals surface area (Å²) in [7, 11) is 0. The van der Waals surface area contributed by atoms with Crippen LogP contribution in [0.15, 0.2) is 36.4 Å². The van der Waals surface area contributed by atoms with Gasteiger partial charge in [-0.1, -0.05) is 71.8 Å². The third kappa shape index (κ3) is 8.05. The molecule has 192 valence electrons. The maximum absolute atomic E-state index is 14.5. The first-order valence-corrected chi connectivity index (χ1v) is 13.3. The highest BCUT2D eigenvalue weighted by Gasteiger charge is 2.22. The lowest BCUT2D eigenvalue weighted by Crippen LogP contribution is -2.20. The molecule has 0 amide bonds. The summed E-state index contributed by atoms with van der Waals surface area (Å²) in [6, 6.07) is 9.44. The number of carbonyl (C=O) groups is 1. The minimum Gasteiger partial charge on any atom is -0.493 e. The molecule has 1 atom stereocenters. The van der Waals surface area contributed by atoms with E-state index in [9.17, 15) is 13.6 Å². The molecule has 0 spiro atoms. The van der Waals surface area contributed by atoms with Crippen molar-refractivity contribution in [1.82, 2.24) is 0 Å². The topological polar surface area (TPSA) is 35.5 Å². The molecular weight excluding hydrogens is 446 g/mol. The average molecular weight is 487 g/mol. The molecule has 2 aromatic carbocycles. The van der Waals surface area contributed by atoms with Gasteiger partial charge >= 0.3 is 5.97 Å². The van der Waals surface area contributed by atoms with Gasteiger partial charge in [-0.25, -0.2) is 9.18 Å². The second-order valence-electron chi connectivity index (χ2n) is 10.2. The molecule has 0 N–H and O–H groups in total. The van der Waals surface area contributed by atoms with Gasteiger partial charge in [-0.3, -0.25) is 0 Å². The molecule has 1 fully saturated rings. The highest BCUT2D eigenvalue weighted by atomic mass is 19.2. The molecule has 1 saturated carbocycles. The largest absolute Gasteiger partial charge is 0.493 e. The fourth-order valence-corrected chi connectivity index (χ4v) is 4.76. The first-order valence-electron chi connectivity index (χ1n) is 13.3. The van der Waals surface area contributed by atoms with Gasteiger partial charge in [-0.15, -0.1) is 0 Å². The van der Waals surface area contributed by atoms with E-state index >= 15 is 0 Å². The van der Waals surface area contributed by atoms with E-state index in [0.29, 0.717) is 30.3 Å². The Morgan fingerprint density at radius 2 is 1.63 bits per heavy atom. The molecule has 1 aliphatic rings. The van der Waals surface area contributed by atoms with Gasteiger partial charge in [-0.2, -0.15) is 4.39 Å². The Hall–Kier alpha value is -2.43. The van der Waals surface area contributed by atoms with E-state index in [1.807, 2.05) is 13.8 Å². The van der Waals surface area contributed by atoms with E-state index in [4.69, 9.17) is 9.47 Å². The number of esters is 1. The van der Waals surface area contributed by atoms with Crippen molar-refractivity contribution in [1.29, 1.82) is 0 Å². The number of hydrogen-bond acceptors (Lipinski definition) is 3. The Kier molecular flexibility index (Phi) is 10.6. The first-order chi connectivity index (χ1) is 16.9. The number of hydrogen-bond donors (Lipinski definition) is 0. The molecule has 35 heavy (non-hydrogen) atoms. The molecule has 3 rings (SSSR count). The van der Waals surface area contributed by atoms with Crippen molar-refractivity contribution in [2.75, 3.05) is 6.61 Å². The quantitative estimate of drug-likeness (QED) is 0.171. The maximum atomic E-state index is 14.5. The predicted octanol–water partition coefficient (Wildman–Crippen LogP) is 8.54. The number of unbranched alkanes of at least 4 members (excludes halogenated alkanes) is 2. The summed E-state index contributed by atoms with van der Waals surface area (Å²) in [4.78, 5) is 12.5. The van der Waals surface area contributed by atoms with Gasteiger partial charge in [0, 0.05) is 0 Å². The molecule has 0 heterocycles. The number of benzene rings is 2. The maximum Gasteiger partial charge on any atom is 0.343 e. The molecule has 1 aliphatic carbocycles. The summed E-state index contributed by atoms with van der Waals surface area (Å²) in [6.45, 7) is 6.92. The van der Waals surface area contributed by atoms with Crippen LogP contribution in [0.3, 0.4) is 0 Å². The number of carbonyl (C=O) groups excluding carboxylic acids is 1. The zero-order chi connectivity index (χ0) is 25.2. The van der Waals surface area contributed by atoms with Gasteiger partial charge < -0.3 is 9.47 Å². The first kappa shape index (κ1) is 27.2. The summed E-state index contributed by atoms with van der Waals surface area (Å²) < 4.78 is 40.0. The summed E-state index contributed by atoms with van der Waals surface area (Å²) >= 11 is 0. The van der Waals surface area contributed by atoms with Gasteiger partial charge in [-0.05, 0) is 72.9 Å². The molecule has 0 saturated heterocycles. The van der Waals surface area contributed by atoms with Gasteiger partial charge in [0.15, 0.2) is 11.6 Å². The molecule has 0 bridgehead atoms. The van der Waals surface area contributed by atoms with Crippen LogP contribution in [-0.4, -0.2) is 12.6 Å². The molecular formula is C30H40F2O3. The monoisotopic (exact) mass is 486 g/mol. The molecule has 0 aromatic heterocycles. The van der Waals surface area contributed by atoms with Crippen LogP contribution in [0, 0.1) is 29.4 Å². The van der Waals surface area contributed by atoms with Crippen molar-refractivity contribution in [3.8, 4) is 11.5 Å². The third-order valence-electron chi connectivity index (χ3n) is 7.35. The van der Waals surface area contributed by atoms with Crippen LogP contribution < -0.4 is 9.47 Å². The lowest BCUT2D eigenvalue weighted by Gasteiger charge is -2.28. The number of ether oxygens (including phenoxy) is 2. The van der Waals surface area contributed by atoms with E-state index in [-0.39, 0.29) is 11.5 Å². The molecule has 3 nitrogen and oxygen atoms in total. The van der Waals surface area contributed by atoms with Crippen molar-refractivity contribution in [2.24, 2.45) is 17.8 Å². The minimum absolute atomic E-state index is 0.239. The normalized spacial score (nSPS) is 18.8. The van der Waals surface area contributed by atoms with Gasteiger partial charge in [0.05, 0.1) is 12.2 Å². The van der Waals surface area contributed by atoms with Crippen LogP contribution in [0.5, 0.6) is 11.5 Å². The van der Waals surface area contributed by atoms with Crippen LogP contribution in [0.25, 0.3) is 0 Å². The number of rotatable bonds is 12. The highest BCUT2D eigenvalue weighted by molar-refractivity contribution is 5.91. The van der Waals surface area contributed by atoms with Crippen molar-refractivity contribution >= 4 is 5.97 Å². The molecule has 5 heteroatoms. The van der Waals surface area contributed by atoms with Crippen LogP contribution >= 0.6 is 0 Å². The summed E-state index contributed by atoms with van der Waals surface area (Å²) in [5.74, 6) is -0.826. The summed E-state index contributed by atoms with van der Waals surface area (Å²) in [5, 5.41) is 0. The lowest BCUT2D eigenvalue weighted by molar-refractivity contribution is 0.0726. The standard InChI is InChI=1S/C30H40F2O3/c1-4-6-7-8-22-9-11-23(12-10-22)20-34-26-16-13-24(14-17-26)30(33)35-27-18-15-25(19-21(3)5-2)28(31)29(27)32/h13-18,21-23H,4-12,19-20H2,1-3H3/t21-,22-,23-/m0/s1. The zero-order valence-corrected chi connectivity index (χ0v) is 21.5. The molecule has 0 radical (unpaired) electrons. The smallest absolute Gasteiger partial charge is 0.343 e. The molecule has 2 aromatic rings. The van der Waals surface area contributed by atoms with Crippen LogP contribution in [0.2, 0.25) is 0 Å². The second-order valence-corrected chi connectivity index (χ2v) is 10.2. The van der Waals surface area contributed by atoms with Crippen LogP contribution in [-0.2, 0) is 6.42 Å². The Bertz CT molecular complexity index is 933. The predicted molar refractivity (Wildman–Crippen MR) is 136 cm³/mol. The molecule has 0 aliphatic heterocycles. The number of halogens is 2. The second kappa shape index (κ2) is 13.6. The SMILES string of the molecule is CCCCC[C@H]1CC[C@H](COc2ccc(C(=O)Oc3ccc(C[C@@H](C)CC)c(F)c3F)cc2)CC1. The van der Waals surface area contributed by atoms with E-state index in [1.54, 1.807) is 24.3 Å².